The molecule has 290 valence electrons. The summed E-state index contributed by atoms with van der Waals surface area (Å²) in [7, 11) is 2.93. The van der Waals surface area contributed by atoms with Crippen LogP contribution in [0.1, 0.15) is 76.0 Å². The van der Waals surface area contributed by atoms with Crippen molar-refractivity contribution in [2.24, 2.45) is 11.8 Å². The van der Waals surface area contributed by atoms with Crippen molar-refractivity contribution in [3.05, 3.63) is 106 Å². The van der Waals surface area contributed by atoms with E-state index in [0.717, 1.165) is 4.90 Å². The van der Waals surface area contributed by atoms with Crippen LogP contribution in [0.15, 0.2) is 72.8 Å². The number of nitrogens with zero attached hydrogens (tertiary/aromatic N) is 3. The molecule has 6 amide bonds. The zero-order valence-corrected chi connectivity index (χ0v) is 31.0. The van der Waals surface area contributed by atoms with Gasteiger partial charge >= 0.3 is 0 Å². The predicted molar refractivity (Wildman–Crippen MR) is 193 cm³/mol. The summed E-state index contributed by atoms with van der Waals surface area (Å²) >= 11 is 0. The molecule has 5 aliphatic heterocycles. The minimum Gasteiger partial charge on any atom is -0.354 e. The van der Waals surface area contributed by atoms with E-state index < -0.39 is 18.9 Å². The van der Waals surface area contributed by atoms with E-state index in [1.54, 1.807) is 72.8 Å². The maximum Gasteiger partial charge on any atom is 0.261 e. The van der Waals surface area contributed by atoms with Gasteiger partial charge < -0.3 is 28.4 Å². The van der Waals surface area contributed by atoms with Gasteiger partial charge in [0.25, 0.3) is 35.4 Å². The summed E-state index contributed by atoms with van der Waals surface area (Å²) in [6.07, 6.45) is -1.63. The molecule has 0 spiro atoms. The van der Waals surface area contributed by atoms with Crippen LogP contribution in [0.4, 0.5) is 0 Å². The van der Waals surface area contributed by atoms with E-state index >= 15 is 0 Å². The van der Waals surface area contributed by atoms with E-state index in [1.807, 2.05) is 13.8 Å². The van der Waals surface area contributed by atoms with Crippen molar-refractivity contribution in [3.8, 4) is 0 Å². The van der Waals surface area contributed by atoms with Gasteiger partial charge in [-0.3, -0.25) is 43.5 Å². The molecule has 15 nitrogen and oxygen atoms in total. The van der Waals surface area contributed by atoms with E-state index in [-0.39, 0.29) is 55.1 Å². The van der Waals surface area contributed by atoms with Crippen LogP contribution < -0.4 is 0 Å². The molecule has 5 heterocycles. The minimum atomic E-state index is -0.600. The molecule has 0 aliphatic carbocycles. The van der Waals surface area contributed by atoms with Crippen LogP contribution in [0, 0.1) is 11.8 Å². The quantitative estimate of drug-likeness (QED) is 0.243. The third kappa shape index (κ3) is 8.57. The van der Waals surface area contributed by atoms with Crippen molar-refractivity contribution < 1.29 is 57.2 Å². The van der Waals surface area contributed by atoms with Gasteiger partial charge in [-0.1, -0.05) is 50.2 Å². The lowest BCUT2D eigenvalue weighted by Crippen LogP contribution is -2.42. The first-order chi connectivity index (χ1) is 26.5. The van der Waals surface area contributed by atoms with Gasteiger partial charge in [-0.25, -0.2) is 0 Å². The Hall–Kier alpha value is -5.16. The Labute approximate surface area is 317 Å². The Balaban J connectivity index is 0.000000141. The molecular formula is C40H43N3O12. The molecule has 0 unspecified atom stereocenters. The molecular weight excluding hydrogens is 714 g/mol. The Morgan fingerprint density at radius 2 is 0.745 bits per heavy atom. The highest BCUT2D eigenvalue weighted by molar-refractivity contribution is 6.22. The normalized spacial score (nSPS) is 23.0. The fraction of sp³-hybridized carbons (Fsp3) is 0.400. The molecule has 8 rings (SSSR count). The van der Waals surface area contributed by atoms with Gasteiger partial charge in [0.15, 0.2) is 18.9 Å². The fourth-order valence-corrected chi connectivity index (χ4v) is 6.40. The van der Waals surface area contributed by atoms with Gasteiger partial charge in [-0.05, 0) is 36.4 Å². The van der Waals surface area contributed by atoms with Crippen LogP contribution in [-0.4, -0.2) is 129 Å². The second-order valence-corrected chi connectivity index (χ2v) is 13.6. The molecule has 3 aromatic rings. The summed E-state index contributed by atoms with van der Waals surface area (Å²) in [6.45, 7) is 6.82. The van der Waals surface area contributed by atoms with Crippen LogP contribution in [0.2, 0.25) is 0 Å². The number of carbonyl (C=O) groups excluding carboxylic acids is 6. The van der Waals surface area contributed by atoms with Crippen molar-refractivity contribution >= 4 is 35.4 Å². The van der Waals surface area contributed by atoms with E-state index in [2.05, 4.69) is 0 Å². The van der Waals surface area contributed by atoms with Gasteiger partial charge in [-0.2, -0.15) is 0 Å². The van der Waals surface area contributed by atoms with Gasteiger partial charge in [0.2, 0.25) is 0 Å². The molecule has 0 N–H and O–H groups in total. The monoisotopic (exact) mass is 757 g/mol. The number of carbonyl (C=O) groups is 6. The molecule has 0 saturated carbocycles. The second-order valence-electron chi connectivity index (χ2n) is 13.6. The molecule has 2 fully saturated rings. The summed E-state index contributed by atoms with van der Waals surface area (Å²) in [5.41, 5.74) is 2.69. The zero-order valence-electron chi connectivity index (χ0n) is 31.0. The molecule has 15 heteroatoms. The lowest BCUT2D eigenvalue weighted by Gasteiger charge is -2.29. The summed E-state index contributed by atoms with van der Waals surface area (Å²) < 4.78 is 31.9. The highest BCUT2D eigenvalue weighted by Crippen LogP contribution is 2.26. The molecule has 0 radical (unpaired) electrons. The Morgan fingerprint density at radius 1 is 0.491 bits per heavy atom. The van der Waals surface area contributed by atoms with Crippen molar-refractivity contribution in [3.63, 3.8) is 0 Å². The van der Waals surface area contributed by atoms with Crippen molar-refractivity contribution in [1.82, 2.24) is 14.7 Å². The fourth-order valence-electron chi connectivity index (χ4n) is 6.40. The Kier molecular flexibility index (Phi) is 12.6. The number of amides is 6. The number of rotatable bonds is 8. The predicted octanol–water partition coefficient (Wildman–Crippen LogP) is 3.48. The highest BCUT2D eigenvalue weighted by Gasteiger charge is 2.39. The lowest BCUT2D eigenvalue weighted by molar-refractivity contribution is -0.199. The van der Waals surface area contributed by atoms with Crippen LogP contribution >= 0.6 is 0 Å². The summed E-state index contributed by atoms with van der Waals surface area (Å²) in [5, 5.41) is 0. The van der Waals surface area contributed by atoms with Crippen molar-refractivity contribution in [2.75, 3.05) is 60.3 Å². The van der Waals surface area contributed by atoms with E-state index in [9.17, 15) is 28.8 Å². The molecule has 3 aromatic carbocycles. The number of methoxy groups -OCH3 is 2. The third-order valence-electron chi connectivity index (χ3n) is 9.42. The molecule has 0 bridgehead atoms. The highest BCUT2D eigenvalue weighted by atomic mass is 16.7. The average Bonchev–Trinajstić information content (AvgIpc) is 3.71. The molecule has 5 aliphatic rings. The first kappa shape index (κ1) is 39.5. The van der Waals surface area contributed by atoms with Gasteiger partial charge in [0.05, 0.1) is 79.4 Å². The third-order valence-corrected chi connectivity index (χ3v) is 9.42. The summed E-state index contributed by atoms with van der Waals surface area (Å²) in [5.74, 6) is -0.998. The zero-order chi connectivity index (χ0) is 39.2. The van der Waals surface area contributed by atoms with Gasteiger partial charge in [0, 0.05) is 26.1 Å². The Morgan fingerprint density at radius 3 is 1.00 bits per heavy atom. The number of ether oxygens (including phenoxy) is 6. The number of benzene rings is 3. The standard InChI is InChI=1S/2C14H15NO4.C12H13NO4/c2*1-9-7-18-12(19-8-9)6-15-13(16)10-4-2-3-5-11(10)14(15)17;1-16-10(17-2)7-13-11(14)8-5-3-4-6-9(8)12(13)15/h2*2-5,9,12H,6-8H2,1H3;3-6,10H,7H2,1-2H3. The van der Waals surface area contributed by atoms with Crippen LogP contribution in [-0.2, 0) is 28.4 Å². The van der Waals surface area contributed by atoms with Crippen LogP contribution in [0.3, 0.4) is 0 Å². The number of fused-ring (bicyclic) bond motifs is 3. The number of hydrogen-bond acceptors (Lipinski definition) is 12. The minimum absolute atomic E-state index is 0.0966. The maximum absolute atomic E-state index is 12.1. The molecule has 0 atom stereocenters. The largest absolute Gasteiger partial charge is 0.354 e. The van der Waals surface area contributed by atoms with E-state index in [4.69, 9.17) is 28.4 Å². The van der Waals surface area contributed by atoms with E-state index in [0.29, 0.717) is 71.6 Å². The topological polar surface area (TPSA) is 168 Å². The first-order valence-electron chi connectivity index (χ1n) is 17.9. The maximum atomic E-state index is 12.1. The first-order valence-corrected chi connectivity index (χ1v) is 17.9. The molecule has 55 heavy (non-hydrogen) atoms. The van der Waals surface area contributed by atoms with E-state index in [1.165, 1.54) is 24.0 Å². The number of hydrogen-bond donors (Lipinski definition) is 0. The summed E-state index contributed by atoms with van der Waals surface area (Å²) in [6, 6.07) is 20.4. The van der Waals surface area contributed by atoms with Crippen LogP contribution in [0.5, 0.6) is 0 Å². The Bertz CT molecular complexity index is 1730. The molecule has 2 saturated heterocycles. The lowest BCUT2D eigenvalue weighted by atomic mass is 10.1. The molecule has 0 aromatic heterocycles. The van der Waals surface area contributed by atoms with Gasteiger partial charge in [-0.15, -0.1) is 0 Å². The van der Waals surface area contributed by atoms with Crippen LogP contribution in [0.25, 0.3) is 0 Å². The smallest absolute Gasteiger partial charge is 0.261 e. The van der Waals surface area contributed by atoms with Crippen molar-refractivity contribution in [1.29, 1.82) is 0 Å². The second kappa shape index (κ2) is 17.5. The average molecular weight is 758 g/mol. The van der Waals surface area contributed by atoms with Gasteiger partial charge in [0.1, 0.15) is 0 Å². The SMILES string of the molecule is CC1COC(CN2C(=O)c3ccccc3C2=O)OC1.CC1COC(CN2C(=O)c3ccccc3C2=O)OC1.COC(CN1C(=O)c2ccccc2C1=O)OC. The van der Waals surface area contributed by atoms with Crippen molar-refractivity contribution in [2.45, 2.75) is 32.7 Å². The summed E-state index contributed by atoms with van der Waals surface area (Å²) in [4.78, 5) is 76.0. The number of imide groups is 3.